The van der Waals surface area contributed by atoms with Crippen LogP contribution in [0.4, 0.5) is 4.39 Å². The molecule has 3 nitrogen and oxygen atoms in total. The molecule has 102 valence electrons. The Kier molecular flexibility index (Phi) is 4.16. The molecule has 0 aliphatic heterocycles. The summed E-state index contributed by atoms with van der Waals surface area (Å²) in [5, 5.41) is 8.65. The average Bonchev–Trinajstić information content (AvgIpc) is 2.41. The minimum atomic E-state index is -3.45. The monoisotopic (exact) mass is 289 g/mol. The molecule has 0 spiro atoms. The molecular formula is C15H12FNO2S. The van der Waals surface area contributed by atoms with Crippen molar-refractivity contribution >= 4 is 9.84 Å². The summed E-state index contributed by atoms with van der Waals surface area (Å²) in [6, 6.07) is 14.4. The maximum Gasteiger partial charge on any atom is 0.158 e. The van der Waals surface area contributed by atoms with Gasteiger partial charge in [-0.2, -0.15) is 5.26 Å². The molecule has 0 atom stereocenters. The van der Waals surface area contributed by atoms with Gasteiger partial charge in [-0.1, -0.05) is 36.4 Å². The van der Waals surface area contributed by atoms with Crippen LogP contribution >= 0.6 is 0 Å². The highest BCUT2D eigenvalue weighted by molar-refractivity contribution is 7.89. The van der Waals surface area contributed by atoms with Crippen LogP contribution < -0.4 is 0 Å². The van der Waals surface area contributed by atoms with E-state index in [1.807, 2.05) is 6.07 Å². The predicted molar refractivity (Wildman–Crippen MR) is 73.9 cm³/mol. The van der Waals surface area contributed by atoms with Crippen LogP contribution in [-0.4, -0.2) is 8.42 Å². The fraction of sp³-hybridized carbons (Fsp3) is 0.133. The third kappa shape index (κ3) is 3.65. The summed E-state index contributed by atoms with van der Waals surface area (Å²) in [6.07, 6.45) is 0. The molecule has 2 aromatic carbocycles. The highest BCUT2D eigenvalue weighted by atomic mass is 32.2. The van der Waals surface area contributed by atoms with Gasteiger partial charge in [-0.3, -0.25) is 0 Å². The van der Waals surface area contributed by atoms with E-state index < -0.39 is 15.7 Å². The van der Waals surface area contributed by atoms with E-state index in [1.165, 1.54) is 12.1 Å². The van der Waals surface area contributed by atoms with Gasteiger partial charge in [0.05, 0.1) is 23.1 Å². The van der Waals surface area contributed by atoms with Crippen LogP contribution in [-0.2, 0) is 21.3 Å². The lowest BCUT2D eigenvalue weighted by molar-refractivity contribution is 0.586. The van der Waals surface area contributed by atoms with Crippen molar-refractivity contribution < 1.29 is 12.8 Å². The second kappa shape index (κ2) is 5.85. The van der Waals surface area contributed by atoms with Gasteiger partial charge in [-0.05, 0) is 17.7 Å². The lowest BCUT2D eigenvalue weighted by Crippen LogP contribution is -2.09. The number of hydrogen-bond acceptors (Lipinski definition) is 3. The number of nitriles is 1. The maximum absolute atomic E-state index is 13.7. The van der Waals surface area contributed by atoms with E-state index in [0.29, 0.717) is 5.56 Å². The van der Waals surface area contributed by atoms with Crippen molar-refractivity contribution in [2.45, 2.75) is 11.5 Å². The average molecular weight is 289 g/mol. The number of halogens is 1. The van der Waals surface area contributed by atoms with Crippen molar-refractivity contribution in [3.05, 3.63) is 71.0 Å². The van der Waals surface area contributed by atoms with Gasteiger partial charge in [0.25, 0.3) is 0 Å². The minimum Gasteiger partial charge on any atom is -0.228 e. The maximum atomic E-state index is 13.7. The van der Waals surface area contributed by atoms with Gasteiger partial charge >= 0.3 is 0 Å². The van der Waals surface area contributed by atoms with Crippen LogP contribution in [0.25, 0.3) is 0 Å². The normalized spacial score (nSPS) is 11.0. The van der Waals surface area contributed by atoms with E-state index in [-0.39, 0.29) is 22.6 Å². The van der Waals surface area contributed by atoms with Gasteiger partial charge in [-0.25, -0.2) is 12.8 Å². The molecule has 0 aliphatic carbocycles. The van der Waals surface area contributed by atoms with Crippen LogP contribution in [0.5, 0.6) is 0 Å². The van der Waals surface area contributed by atoms with Crippen molar-refractivity contribution in [3.8, 4) is 6.07 Å². The standard InChI is InChI=1S/C15H12FNO2S/c16-15-8-13(9-17)6-7-14(15)11-20(18,19)10-12-4-2-1-3-5-12/h1-8H,10-11H2. The van der Waals surface area contributed by atoms with Crippen LogP contribution in [0.3, 0.4) is 0 Å². The molecule has 2 aromatic rings. The van der Waals surface area contributed by atoms with Crippen molar-refractivity contribution in [2.24, 2.45) is 0 Å². The Hall–Kier alpha value is -2.19. The SMILES string of the molecule is N#Cc1ccc(CS(=O)(=O)Cc2ccccc2)c(F)c1. The first-order chi connectivity index (χ1) is 9.50. The zero-order valence-corrected chi connectivity index (χ0v) is 11.4. The Labute approximate surface area is 117 Å². The molecule has 0 aromatic heterocycles. The van der Waals surface area contributed by atoms with Crippen LogP contribution in [0, 0.1) is 17.1 Å². The van der Waals surface area contributed by atoms with Crippen molar-refractivity contribution in [2.75, 3.05) is 0 Å². The lowest BCUT2D eigenvalue weighted by Gasteiger charge is -2.06. The zero-order chi connectivity index (χ0) is 14.6. The molecule has 0 saturated carbocycles. The molecule has 0 fully saturated rings. The third-order valence-electron chi connectivity index (χ3n) is 2.79. The van der Waals surface area contributed by atoms with Crippen molar-refractivity contribution in [1.29, 1.82) is 5.26 Å². The Bertz CT molecular complexity index is 749. The molecule has 2 rings (SSSR count). The number of nitrogens with zero attached hydrogens (tertiary/aromatic N) is 1. The van der Waals surface area contributed by atoms with Gasteiger partial charge in [-0.15, -0.1) is 0 Å². The summed E-state index contributed by atoms with van der Waals surface area (Å²) >= 11 is 0. The summed E-state index contributed by atoms with van der Waals surface area (Å²) in [6.45, 7) is 0. The summed E-state index contributed by atoms with van der Waals surface area (Å²) in [5.41, 5.74) is 0.924. The number of benzene rings is 2. The molecule has 0 radical (unpaired) electrons. The van der Waals surface area contributed by atoms with Crippen LogP contribution in [0.15, 0.2) is 48.5 Å². The Morgan fingerprint density at radius 1 is 1.05 bits per heavy atom. The molecule has 0 unspecified atom stereocenters. The predicted octanol–water partition coefficient (Wildman–Crippen LogP) is 2.81. The van der Waals surface area contributed by atoms with Gasteiger partial charge in [0, 0.05) is 5.56 Å². The molecule has 0 aliphatic rings. The number of sulfone groups is 1. The molecule has 0 N–H and O–H groups in total. The lowest BCUT2D eigenvalue weighted by atomic mass is 10.1. The molecule has 0 bridgehead atoms. The van der Waals surface area contributed by atoms with Crippen molar-refractivity contribution in [1.82, 2.24) is 0 Å². The third-order valence-corrected chi connectivity index (χ3v) is 4.31. The fourth-order valence-electron chi connectivity index (χ4n) is 1.85. The minimum absolute atomic E-state index is 0.0833. The Morgan fingerprint density at radius 2 is 1.75 bits per heavy atom. The molecule has 20 heavy (non-hydrogen) atoms. The smallest absolute Gasteiger partial charge is 0.158 e. The van der Waals surface area contributed by atoms with E-state index in [0.717, 1.165) is 6.07 Å². The number of hydrogen-bond donors (Lipinski definition) is 0. The summed E-state index contributed by atoms with van der Waals surface area (Å²) < 4.78 is 37.8. The highest BCUT2D eigenvalue weighted by Gasteiger charge is 2.16. The van der Waals surface area contributed by atoms with Gasteiger partial charge < -0.3 is 0 Å². The quantitative estimate of drug-likeness (QED) is 0.869. The van der Waals surface area contributed by atoms with E-state index in [9.17, 15) is 12.8 Å². The second-order valence-corrected chi connectivity index (χ2v) is 6.50. The van der Waals surface area contributed by atoms with E-state index in [2.05, 4.69) is 0 Å². The van der Waals surface area contributed by atoms with Crippen LogP contribution in [0.1, 0.15) is 16.7 Å². The van der Waals surface area contributed by atoms with E-state index in [1.54, 1.807) is 30.3 Å². The largest absolute Gasteiger partial charge is 0.228 e. The highest BCUT2D eigenvalue weighted by Crippen LogP contribution is 2.16. The van der Waals surface area contributed by atoms with E-state index in [4.69, 9.17) is 5.26 Å². The van der Waals surface area contributed by atoms with E-state index >= 15 is 0 Å². The molecule has 0 heterocycles. The fourth-order valence-corrected chi connectivity index (χ4v) is 3.36. The number of rotatable bonds is 4. The zero-order valence-electron chi connectivity index (χ0n) is 10.6. The Balaban J connectivity index is 2.19. The first-order valence-electron chi connectivity index (χ1n) is 5.93. The summed E-state index contributed by atoms with van der Waals surface area (Å²) in [5.74, 6) is -1.17. The topological polar surface area (TPSA) is 57.9 Å². The van der Waals surface area contributed by atoms with Crippen molar-refractivity contribution in [3.63, 3.8) is 0 Å². The summed E-state index contributed by atoms with van der Waals surface area (Å²) in [7, 11) is -3.45. The van der Waals surface area contributed by atoms with Gasteiger partial charge in [0.15, 0.2) is 9.84 Å². The van der Waals surface area contributed by atoms with Gasteiger partial charge in [0.1, 0.15) is 5.82 Å². The Morgan fingerprint density at radius 3 is 2.35 bits per heavy atom. The molecule has 0 saturated heterocycles. The second-order valence-electron chi connectivity index (χ2n) is 4.44. The summed E-state index contributed by atoms with van der Waals surface area (Å²) in [4.78, 5) is 0. The molecular weight excluding hydrogens is 277 g/mol. The molecule has 0 amide bonds. The first-order valence-corrected chi connectivity index (χ1v) is 7.75. The van der Waals surface area contributed by atoms with Crippen LogP contribution in [0.2, 0.25) is 0 Å². The first kappa shape index (κ1) is 14.2. The van der Waals surface area contributed by atoms with Gasteiger partial charge in [0.2, 0.25) is 0 Å². The molecule has 5 heteroatoms.